The average molecular weight is 339 g/mol. The molecule has 0 fully saturated rings. The molecule has 0 bridgehead atoms. The van der Waals surface area contributed by atoms with Crippen molar-refractivity contribution >= 4 is 43.4 Å². The second-order valence-corrected chi connectivity index (χ2v) is 7.51. The van der Waals surface area contributed by atoms with Gasteiger partial charge in [0.2, 0.25) is 10.0 Å². The van der Waals surface area contributed by atoms with E-state index in [-0.39, 0.29) is 15.8 Å². The van der Waals surface area contributed by atoms with Gasteiger partial charge < -0.3 is 5.73 Å². The van der Waals surface area contributed by atoms with Crippen molar-refractivity contribution in [3.8, 4) is 0 Å². The van der Waals surface area contributed by atoms with E-state index in [4.69, 9.17) is 5.73 Å². The summed E-state index contributed by atoms with van der Waals surface area (Å²) in [6, 6.07) is 4.77. The van der Waals surface area contributed by atoms with Crippen LogP contribution in [-0.4, -0.2) is 26.5 Å². The molecule has 0 spiro atoms. The van der Waals surface area contributed by atoms with Crippen molar-refractivity contribution < 1.29 is 8.42 Å². The predicted octanol–water partition coefficient (Wildman–Crippen LogP) is 2.06. The van der Waals surface area contributed by atoms with E-state index in [1.807, 2.05) is 13.2 Å². The van der Waals surface area contributed by atoms with Crippen molar-refractivity contribution in [3.63, 3.8) is 0 Å². The van der Waals surface area contributed by atoms with Gasteiger partial charge in [0.15, 0.2) is 0 Å². The molecule has 17 heavy (non-hydrogen) atoms. The first kappa shape index (κ1) is 14.8. The molecule has 1 aromatic carbocycles. The Hall–Kier alpha value is -0.240. The van der Waals surface area contributed by atoms with E-state index < -0.39 is 10.0 Å². The topological polar surface area (TPSA) is 72.2 Å². The van der Waals surface area contributed by atoms with Gasteiger partial charge in [-0.25, -0.2) is 13.1 Å². The third kappa shape index (κ3) is 4.17. The van der Waals surface area contributed by atoms with Crippen molar-refractivity contribution in [1.82, 2.24) is 4.72 Å². The zero-order valence-electron chi connectivity index (χ0n) is 9.60. The Labute approximate surface area is 115 Å². The Balaban J connectivity index is 2.93. The lowest BCUT2D eigenvalue weighted by Crippen LogP contribution is -2.30. The molecule has 0 saturated carbocycles. The molecular weight excluding hydrogens is 324 g/mol. The van der Waals surface area contributed by atoms with Gasteiger partial charge >= 0.3 is 0 Å². The molecule has 0 saturated heterocycles. The van der Waals surface area contributed by atoms with Crippen LogP contribution in [0.15, 0.2) is 27.6 Å². The highest BCUT2D eigenvalue weighted by atomic mass is 79.9. The molecule has 1 atom stereocenters. The van der Waals surface area contributed by atoms with Crippen LogP contribution in [0.1, 0.15) is 6.92 Å². The van der Waals surface area contributed by atoms with Crippen LogP contribution in [0.3, 0.4) is 0 Å². The number of nitrogen functional groups attached to an aromatic ring is 1. The third-order valence-electron chi connectivity index (χ3n) is 2.23. The van der Waals surface area contributed by atoms with E-state index in [1.54, 1.807) is 23.9 Å². The maximum absolute atomic E-state index is 12.0. The maximum atomic E-state index is 12.0. The first-order valence-corrected chi connectivity index (χ1v) is 8.50. The number of thioether (sulfide) groups is 1. The number of benzene rings is 1. The fourth-order valence-corrected chi connectivity index (χ4v) is 3.28. The standard InChI is InChI=1S/C10H15BrN2O2S2/c1-7(16-2)6-13-17(14,15)10-5-8(11)3-4-9(10)12/h3-5,7,13H,6,12H2,1-2H3. The van der Waals surface area contributed by atoms with Gasteiger partial charge in [-0.05, 0) is 24.5 Å². The van der Waals surface area contributed by atoms with Crippen LogP contribution in [0.25, 0.3) is 0 Å². The summed E-state index contributed by atoms with van der Waals surface area (Å²) >= 11 is 4.83. The first-order valence-electron chi connectivity index (χ1n) is 4.94. The molecule has 0 aromatic heterocycles. The molecule has 7 heteroatoms. The zero-order valence-corrected chi connectivity index (χ0v) is 12.8. The molecule has 3 N–H and O–H groups in total. The van der Waals surface area contributed by atoms with Crippen molar-refractivity contribution in [1.29, 1.82) is 0 Å². The number of rotatable bonds is 5. The minimum absolute atomic E-state index is 0.111. The summed E-state index contributed by atoms with van der Waals surface area (Å²) in [5.41, 5.74) is 5.92. The second-order valence-electron chi connectivity index (χ2n) is 3.58. The van der Waals surface area contributed by atoms with Gasteiger partial charge in [0.1, 0.15) is 4.90 Å². The minimum Gasteiger partial charge on any atom is -0.398 e. The van der Waals surface area contributed by atoms with Crippen molar-refractivity contribution in [2.45, 2.75) is 17.1 Å². The average Bonchev–Trinajstić information content (AvgIpc) is 2.29. The van der Waals surface area contributed by atoms with E-state index >= 15 is 0 Å². The van der Waals surface area contributed by atoms with E-state index in [0.717, 1.165) is 0 Å². The van der Waals surface area contributed by atoms with E-state index in [2.05, 4.69) is 20.7 Å². The molecule has 1 rings (SSSR count). The fraction of sp³-hybridized carbons (Fsp3) is 0.400. The number of hydrogen-bond acceptors (Lipinski definition) is 4. The number of hydrogen-bond donors (Lipinski definition) is 2. The molecule has 0 heterocycles. The lowest BCUT2D eigenvalue weighted by atomic mass is 10.3. The number of nitrogens with two attached hydrogens (primary N) is 1. The number of anilines is 1. The van der Waals surface area contributed by atoms with Gasteiger partial charge in [-0.3, -0.25) is 0 Å². The third-order valence-corrected chi connectivity index (χ3v) is 5.17. The number of sulfonamides is 1. The zero-order chi connectivity index (χ0) is 13.1. The lowest BCUT2D eigenvalue weighted by Gasteiger charge is -2.12. The maximum Gasteiger partial charge on any atom is 0.242 e. The largest absolute Gasteiger partial charge is 0.398 e. The van der Waals surface area contributed by atoms with Crippen LogP contribution in [0.4, 0.5) is 5.69 Å². The van der Waals surface area contributed by atoms with Crippen LogP contribution >= 0.6 is 27.7 Å². The highest BCUT2D eigenvalue weighted by Crippen LogP contribution is 2.22. The highest BCUT2D eigenvalue weighted by Gasteiger charge is 2.18. The molecule has 0 aliphatic heterocycles. The molecular formula is C10H15BrN2O2S2. The summed E-state index contributed by atoms with van der Waals surface area (Å²) in [6.07, 6.45) is 1.94. The summed E-state index contributed by atoms with van der Waals surface area (Å²) < 4.78 is 27.2. The van der Waals surface area contributed by atoms with Crippen molar-refractivity contribution in [2.75, 3.05) is 18.5 Å². The van der Waals surface area contributed by atoms with Gasteiger partial charge in [-0.15, -0.1) is 0 Å². The Morgan fingerprint density at radius 1 is 1.53 bits per heavy atom. The Morgan fingerprint density at radius 2 is 2.18 bits per heavy atom. The molecule has 4 nitrogen and oxygen atoms in total. The van der Waals surface area contributed by atoms with E-state index in [0.29, 0.717) is 11.0 Å². The molecule has 0 aliphatic carbocycles. The summed E-state index contributed by atoms with van der Waals surface area (Å²) in [5, 5.41) is 0.221. The molecule has 1 unspecified atom stereocenters. The van der Waals surface area contributed by atoms with Crippen molar-refractivity contribution in [2.24, 2.45) is 0 Å². The lowest BCUT2D eigenvalue weighted by molar-refractivity contribution is 0.582. The van der Waals surface area contributed by atoms with Crippen LogP contribution in [0.5, 0.6) is 0 Å². The first-order chi connectivity index (χ1) is 7.86. The van der Waals surface area contributed by atoms with Crippen LogP contribution < -0.4 is 10.5 Å². The Bertz CT molecular complexity index is 491. The molecule has 1 aromatic rings. The van der Waals surface area contributed by atoms with E-state index in [1.165, 1.54) is 6.07 Å². The molecule has 0 amide bonds. The Kier molecular flexibility index (Phi) is 5.30. The molecule has 96 valence electrons. The fourth-order valence-electron chi connectivity index (χ4n) is 1.13. The van der Waals surface area contributed by atoms with Gasteiger partial charge in [0.25, 0.3) is 0 Å². The summed E-state index contributed by atoms with van der Waals surface area (Å²) in [4.78, 5) is 0.111. The summed E-state index contributed by atoms with van der Waals surface area (Å²) in [5.74, 6) is 0. The molecule has 0 aliphatic rings. The Morgan fingerprint density at radius 3 is 2.76 bits per heavy atom. The quantitative estimate of drug-likeness (QED) is 0.806. The van der Waals surface area contributed by atoms with Crippen LogP contribution in [0, 0.1) is 0 Å². The number of halogens is 1. The summed E-state index contributed by atoms with van der Waals surface area (Å²) in [7, 11) is -3.54. The van der Waals surface area contributed by atoms with Gasteiger partial charge in [0, 0.05) is 16.3 Å². The SMILES string of the molecule is CSC(C)CNS(=O)(=O)c1cc(Br)ccc1N. The highest BCUT2D eigenvalue weighted by molar-refractivity contribution is 9.10. The normalized spacial score (nSPS) is 13.6. The van der Waals surface area contributed by atoms with Gasteiger partial charge in [-0.2, -0.15) is 11.8 Å². The monoisotopic (exact) mass is 338 g/mol. The summed E-state index contributed by atoms with van der Waals surface area (Å²) in [6.45, 7) is 2.34. The van der Waals surface area contributed by atoms with Gasteiger partial charge in [-0.1, -0.05) is 22.9 Å². The minimum atomic E-state index is -3.54. The smallest absolute Gasteiger partial charge is 0.242 e. The van der Waals surface area contributed by atoms with E-state index in [9.17, 15) is 8.42 Å². The number of nitrogens with one attached hydrogen (secondary N) is 1. The van der Waals surface area contributed by atoms with Crippen LogP contribution in [-0.2, 0) is 10.0 Å². The predicted molar refractivity (Wildman–Crippen MR) is 76.7 cm³/mol. The molecule has 0 radical (unpaired) electrons. The van der Waals surface area contributed by atoms with Gasteiger partial charge in [0.05, 0.1) is 5.69 Å². The second kappa shape index (κ2) is 6.08. The van der Waals surface area contributed by atoms with Crippen LogP contribution in [0.2, 0.25) is 0 Å². The van der Waals surface area contributed by atoms with Crippen molar-refractivity contribution in [3.05, 3.63) is 22.7 Å².